The van der Waals surface area contributed by atoms with Crippen LogP contribution in [0.25, 0.3) is 11.1 Å². The summed E-state index contributed by atoms with van der Waals surface area (Å²) in [6.07, 6.45) is -0.0991. The SMILES string of the molecule is COC(=O)Cc1cc(O)cc(O)c1-c1cccc(C(C)=O)c1. The van der Waals surface area contributed by atoms with Crippen LogP contribution in [0.15, 0.2) is 36.4 Å². The summed E-state index contributed by atoms with van der Waals surface area (Å²) in [5.41, 5.74) is 1.90. The maximum Gasteiger partial charge on any atom is 0.310 e. The maximum atomic E-state index is 11.5. The van der Waals surface area contributed by atoms with Gasteiger partial charge in [0.15, 0.2) is 5.78 Å². The molecule has 0 spiro atoms. The zero-order valence-electron chi connectivity index (χ0n) is 12.3. The second-order valence-electron chi connectivity index (χ2n) is 4.89. The molecule has 0 bridgehead atoms. The Labute approximate surface area is 127 Å². The van der Waals surface area contributed by atoms with Gasteiger partial charge < -0.3 is 14.9 Å². The molecule has 0 aromatic heterocycles. The summed E-state index contributed by atoms with van der Waals surface area (Å²) in [5.74, 6) is -0.911. The highest BCUT2D eigenvalue weighted by Gasteiger charge is 2.16. The van der Waals surface area contributed by atoms with Gasteiger partial charge in [-0.2, -0.15) is 0 Å². The normalized spacial score (nSPS) is 10.3. The number of ketones is 1. The smallest absolute Gasteiger partial charge is 0.310 e. The van der Waals surface area contributed by atoms with Crippen LogP contribution in [0.5, 0.6) is 11.5 Å². The summed E-state index contributed by atoms with van der Waals surface area (Å²) in [7, 11) is 1.26. The quantitative estimate of drug-likeness (QED) is 0.670. The van der Waals surface area contributed by atoms with Crippen LogP contribution in [0.1, 0.15) is 22.8 Å². The van der Waals surface area contributed by atoms with Crippen LogP contribution in [0.2, 0.25) is 0 Å². The topological polar surface area (TPSA) is 83.8 Å². The van der Waals surface area contributed by atoms with Crippen LogP contribution in [0.3, 0.4) is 0 Å². The average Bonchev–Trinajstić information content (AvgIpc) is 2.46. The number of hydrogen-bond acceptors (Lipinski definition) is 5. The molecule has 0 atom stereocenters. The molecule has 0 aliphatic heterocycles. The number of esters is 1. The molecule has 0 fully saturated rings. The number of hydrogen-bond donors (Lipinski definition) is 2. The van der Waals surface area contributed by atoms with Crippen LogP contribution in [-0.2, 0) is 16.0 Å². The Morgan fingerprint density at radius 1 is 1.14 bits per heavy atom. The van der Waals surface area contributed by atoms with Gasteiger partial charge in [-0.1, -0.05) is 18.2 Å². The van der Waals surface area contributed by atoms with Crippen molar-refractivity contribution in [1.29, 1.82) is 0 Å². The first kappa shape index (κ1) is 15.6. The molecule has 0 saturated heterocycles. The maximum absolute atomic E-state index is 11.5. The van der Waals surface area contributed by atoms with E-state index in [1.807, 2.05) is 0 Å². The minimum atomic E-state index is -0.492. The third-order valence-electron chi connectivity index (χ3n) is 3.30. The van der Waals surface area contributed by atoms with E-state index in [1.54, 1.807) is 24.3 Å². The highest BCUT2D eigenvalue weighted by molar-refractivity contribution is 5.95. The van der Waals surface area contributed by atoms with Crippen molar-refractivity contribution in [1.82, 2.24) is 0 Å². The first-order chi connectivity index (χ1) is 10.4. The zero-order valence-corrected chi connectivity index (χ0v) is 12.3. The Bertz CT molecular complexity index is 734. The number of methoxy groups -OCH3 is 1. The van der Waals surface area contributed by atoms with E-state index in [9.17, 15) is 19.8 Å². The number of carbonyl (C=O) groups is 2. The largest absolute Gasteiger partial charge is 0.508 e. The molecule has 2 aromatic rings. The first-order valence-electron chi connectivity index (χ1n) is 6.65. The van der Waals surface area contributed by atoms with E-state index in [0.29, 0.717) is 22.3 Å². The van der Waals surface area contributed by atoms with Crippen LogP contribution >= 0.6 is 0 Å². The molecule has 0 radical (unpaired) electrons. The molecule has 5 heteroatoms. The van der Waals surface area contributed by atoms with Crippen LogP contribution in [0.4, 0.5) is 0 Å². The molecule has 2 rings (SSSR count). The van der Waals surface area contributed by atoms with E-state index in [-0.39, 0.29) is 23.7 Å². The Morgan fingerprint density at radius 3 is 2.50 bits per heavy atom. The van der Waals surface area contributed by atoms with E-state index >= 15 is 0 Å². The van der Waals surface area contributed by atoms with Gasteiger partial charge in [-0.15, -0.1) is 0 Å². The highest BCUT2D eigenvalue weighted by atomic mass is 16.5. The molecule has 0 saturated carbocycles. The highest BCUT2D eigenvalue weighted by Crippen LogP contribution is 2.36. The van der Waals surface area contributed by atoms with Crippen molar-refractivity contribution < 1.29 is 24.5 Å². The van der Waals surface area contributed by atoms with Gasteiger partial charge >= 0.3 is 5.97 Å². The second kappa shape index (κ2) is 6.30. The van der Waals surface area contributed by atoms with Gasteiger partial charge in [0.2, 0.25) is 0 Å². The molecule has 0 aliphatic carbocycles. The third-order valence-corrected chi connectivity index (χ3v) is 3.30. The van der Waals surface area contributed by atoms with Crippen LogP contribution in [0, 0.1) is 0 Å². The minimum Gasteiger partial charge on any atom is -0.508 e. The minimum absolute atomic E-state index is 0.0991. The fourth-order valence-electron chi connectivity index (χ4n) is 2.26. The fraction of sp³-hybridized carbons (Fsp3) is 0.176. The van der Waals surface area contributed by atoms with Gasteiger partial charge in [-0.25, -0.2) is 0 Å². The molecule has 2 aromatic carbocycles. The molecule has 114 valence electrons. The van der Waals surface area contributed by atoms with E-state index in [1.165, 1.54) is 26.2 Å². The van der Waals surface area contributed by atoms with E-state index < -0.39 is 5.97 Å². The first-order valence-corrected chi connectivity index (χ1v) is 6.65. The Balaban J connectivity index is 2.60. The molecular weight excluding hydrogens is 284 g/mol. The van der Waals surface area contributed by atoms with Crippen molar-refractivity contribution in [3.63, 3.8) is 0 Å². The van der Waals surface area contributed by atoms with Gasteiger partial charge in [-0.05, 0) is 30.2 Å². The summed E-state index contributed by atoms with van der Waals surface area (Å²) in [4.78, 5) is 23.0. The predicted molar refractivity (Wildman–Crippen MR) is 80.9 cm³/mol. The van der Waals surface area contributed by atoms with Gasteiger partial charge in [-0.3, -0.25) is 9.59 Å². The zero-order chi connectivity index (χ0) is 16.3. The number of phenols is 2. The standard InChI is InChI=1S/C17H16O5/c1-10(18)11-4-3-5-12(6-11)17-13(8-16(21)22-2)7-14(19)9-15(17)20/h3-7,9,19-20H,8H2,1-2H3. The van der Waals surface area contributed by atoms with Crippen molar-refractivity contribution in [2.45, 2.75) is 13.3 Å². The lowest BCUT2D eigenvalue weighted by atomic mass is 9.94. The summed E-state index contributed by atoms with van der Waals surface area (Å²) >= 11 is 0. The third kappa shape index (κ3) is 3.25. The Kier molecular flexibility index (Phi) is 4.46. The molecule has 0 unspecified atom stereocenters. The lowest BCUT2D eigenvalue weighted by Gasteiger charge is -2.13. The van der Waals surface area contributed by atoms with E-state index in [0.717, 1.165) is 0 Å². The van der Waals surface area contributed by atoms with Crippen molar-refractivity contribution >= 4 is 11.8 Å². The van der Waals surface area contributed by atoms with Gasteiger partial charge in [0.05, 0.1) is 13.5 Å². The Hall–Kier alpha value is -2.82. The average molecular weight is 300 g/mol. The molecule has 0 aliphatic rings. The van der Waals surface area contributed by atoms with Gasteiger partial charge in [0, 0.05) is 17.2 Å². The second-order valence-corrected chi connectivity index (χ2v) is 4.89. The molecule has 2 N–H and O–H groups in total. The summed E-state index contributed by atoms with van der Waals surface area (Å²) in [6.45, 7) is 1.45. The van der Waals surface area contributed by atoms with Crippen LogP contribution in [-0.4, -0.2) is 29.1 Å². The number of ether oxygens (including phenoxy) is 1. The van der Waals surface area contributed by atoms with Crippen LogP contribution < -0.4 is 0 Å². The fourth-order valence-corrected chi connectivity index (χ4v) is 2.26. The lowest BCUT2D eigenvalue weighted by Crippen LogP contribution is -2.06. The van der Waals surface area contributed by atoms with Gasteiger partial charge in [0.1, 0.15) is 11.5 Å². The van der Waals surface area contributed by atoms with E-state index in [2.05, 4.69) is 4.74 Å². The predicted octanol–water partition coefficient (Wildman–Crippen LogP) is 2.68. The number of rotatable bonds is 4. The Morgan fingerprint density at radius 2 is 1.86 bits per heavy atom. The molecule has 22 heavy (non-hydrogen) atoms. The number of phenolic OH excluding ortho intramolecular Hbond substituents is 2. The number of benzene rings is 2. The molecule has 0 heterocycles. The summed E-state index contributed by atoms with van der Waals surface area (Å²) < 4.78 is 4.63. The molecular formula is C17H16O5. The summed E-state index contributed by atoms with van der Waals surface area (Å²) in [5, 5.41) is 19.8. The van der Waals surface area contributed by atoms with Crippen molar-refractivity contribution in [2.24, 2.45) is 0 Å². The number of Topliss-reactive ketones (excluding diaryl/α,β-unsaturated/α-hetero) is 1. The van der Waals surface area contributed by atoms with Crippen molar-refractivity contribution in [3.05, 3.63) is 47.5 Å². The van der Waals surface area contributed by atoms with Crippen molar-refractivity contribution in [2.75, 3.05) is 7.11 Å². The van der Waals surface area contributed by atoms with E-state index in [4.69, 9.17) is 0 Å². The lowest BCUT2D eigenvalue weighted by molar-refractivity contribution is -0.139. The van der Waals surface area contributed by atoms with Gasteiger partial charge in [0.25, 0.3) is 0 Å². The number of aromatic hydroxyl groups is 2. The van der Waals surface area contributed by atoms with Crippen molar-refractivity contribution in [3.8, 4) is 22.6 Å². The molecule has 0 amide bonds. The monoisotopic (exact) mass is 300 g/mol. The number of carbonyl (C=O) groups excluding carboxylic acids is 2. The summed E-state index contributed by atoms with van der Waals surface area (Å²) in [6, 6.07) is 9.31. The molecule has 5 nitrogen and oxygen atoms in total.